The van der Waals surface area contributed by atoms with Crippen LogP contribution in [0.3, 0.4) is 0 Å². The minimum atomic E-state index is -0.287. The Morgan fingerprint density at radius 3 is 2.69 bits per heavy atom. The van der Waals surface area contributed by atoms with Crippen LogP contribution in [0.25, 0.3) is 10.8 Å². The maximum Gasteiger partial charge on any atom is 0.315 e. The van der Waals surface area contributed by atoms with Gasteiger partial charge in [0.15, 0.2) is 0 Å². The van der Waals surface area contributed by atoms with Crippen LogP contribution in [0, 0.1) is 0 Å². The molecule has 0 aromatic heterocycles. The normalized spacial score (nSPS) is 10.0. The van der Waals surface area contributed by atoms with E-state index in [-0.39, 0.29) is 12.4 Å². The molecule has 0 radical (unpaired) electrons. The van der Waals surface area contributed by atoms with Crippen LogP contribution in [0.4, 0.5) is 0 Å². The summed E-state index contributed by atoms with van der Waals surface area (Å²) < 4.78 is 4.68. The van der Waals surface area contributed by atoms with Crippen molar-refractivity contribution in [1.29, 1.82) is 0 Å². The fourth-order valence-electron chi connectivity index (χ4n) is 1.65. The van der Waals surface area contributed by atoms with Gasteiger partial charge in [-0.1, -0.05) is 49.0 Å². The maximum atomic E-state index is 11.3. The number of hydrogen-bond acceptors (Lipinski definition) is 2. The second-order valence-electron chi connectivity index (χ2n) is 3.51. The molecule has 0 unspecified atom stereocenters. The zero-order valence-electron chi connectivity index (χ0n) is 8.85. The van der Waals surface area contributed by atoms with Gasteiger partial charge >= 0.3 is 5.97 Å². The summed E-state index contributed by atoms with van der Waals surface area (Å²) in [7, 11) is 0. The zero-order chi connectivity index (χ0) is 11.4. The van der Waals surface area contributed by atoms with Crippen molar-refractivity contribution in [2.75, 3.05) is 0 Å². The van der Waals surface area contributed by atoms with Crippen molar-refractivity contribution < 1.29 is 9.53 Å². The van der Waals surface area contributed by atoms with Crippen LogP contribution in [0.2, 0.25) is 0 Å². The standard InChI is InChI=1S/C14H12O2/c1-2-16-14(15)10-11-7-8-12-5-3-4-6-13(12)9-11/h2-9H,1,10H2. The molecule has 0 fully saturated rings. The average molecular weight is 212 g/mol. The third-order valence-electron chi connectivity index (χ3n) is 2.38. The number of ether oxygens (including phenoxy) is 1. The summed E-state index contributed by atoms with van der Waals surface area (Å²) in [6.07, 6.45) is 1.43. The molecule has 16 heavy (non-hydrogen) atoms. The lowest BCUT2D eigenvalue weighted by molar-refractivity contribution is -0.137. The molecular weight excluding hydrogens is 200 g/mol. The Balaban J connectivity index is 2.25. The predicted molar refractivity (Wildman–Crippen MR) is 63.9 cm³/mol. The van der Waals surface area contributed by atoms with Crippen LogP contribution in [0.5, 0.6) is 0 Å². The largest absolute Gasteiger partial charge is 0.435 e. The Kier molecular flexibility index (Phi) is 3.01. The van der Waals surface area contributed by atoms with E-state index >= 15 is 0 Å². The van der Waals surface area contributed by atoms with E-state index in [1.165, 1.54) is 5.39 Å². The summed E-state index contributed by atoms with van der Waals surface area (Å²) in [5.41, 5.74) is 0.950. The van der Waals surface area contributed by atoms with E-state index in [0.29, 0.717) is 0 Å². The van der Waals surface area contributed by atoms with Crippen LogP contribution in [-0.2, 0) is 16.0 Å². The van der Waals surface area contributed by atoms with Gasteiger partial charge in [0.1, 0.15) is 0 Å². The summed E-state index contributed by atoms with van der Waals surface area (Å²) >= 11 is 0. The van der Waals surface area contributed by atoms with Crippen LogP contribution >= 0.6 is 0 Å². The predicted octanol–water partition coefficient (Wildman–Crippen LogP) is 3.07. The number of rotatable bonds is 3. The van der Waals surface area contributed by atoms with Crippen LogP contribution in [-0.4, -0.2) is 5.97 Å². The lowest BCUT2D eigenvalue weighted by Gasteiger charge is -2.02. The first-order chi connectivity index (χ1) is 7.79. The number of carbonyl (C=O) groups excluding carboxylic acids is 1. The number of carbonyl (C=O) groups is 1. The molecule has 0 aliphatic heterocycles. The molecule has 0 amide bonds. The summed E-state index contributed by atoms with van der Waals surface area (Å²) in [6.45, 7) is 3.35. The van der Waals surface area contributed by atoms with E-state index in [0.717, 1.165) is 17.2 Å². The van der Waals surface area contributed by atoms with E-state index in [1.807, 2.05) is 42.5 Å². The quantitative estimate of drug-likeness (QED) is 0.577. The van der Waals surface area contributed by atoms with Gasteiger partial charge in [-0.05, 0) is 16.3 Å². The second-order valence-corrected chi connectivity index (χ2v) is 3.51. The van der Waals surface area contributed by atoms with Crippen LogP contribution < -0.4 is 0 Å². The Hall–Kier alpha value is -2.09. The van der Waals surface area contributed by atoms with Crippen molar-refractivity contribution in [3.63, 3.8) is 0 Å². The number of fused-ring (bicyclic) bond motifs is 1. The lowest BCUT2D eigenvalue weighted by atomic mass is 10.1. The molecule has 0 saturated heterocycles. The highest BCUT2D eigenvalue weighted by Crippen LogP contribution is 2.16. The molecule has 0 aliphatic carbocycles. The van der Waals surface area contributed by atoms with E-state index in [1.54, 1.807) is 0 Å². The molecule has 0 aliphatic rings. The molecule has 0 spiro atoms. The van der Waals surface area contributed by atoms with Crippen LogP contribution in [0.15, 0.2) is 55.3 Å². The first kappa shape index (κ1) is 10.4. The number of benzene rings is 2. The summed E-state index contributed by atoms with van der Waals surface area (Å²) in [5, 5.41) is 2.30. The Morgan fingerprint density at radius 1 is 1.19 bits per heavy atom. The monoisotopic (exact) mass is 212 g/mol. The van der Waals surface area contributed by atoms with Gasteiger partial charge in [-0.15, -0.1) is 0 Å². The minimum Gasteiger partial charge on any atom is -0.435 e. The minimum absolute atomic E-state index is 0.275. The maximum absolute atomic E-state index is 11.3. The fraction of sp³-hybridized carbons (Fsp3) is 0.0714. The van der Waals surface area contributed by atoms with Gasteiger partial charge in [0, 0.05) is 0 Å². The Bertz CT molecular complexity index is 529. The van der Waals surface area contributed by atoms with E-state index in [4.69, 9.17) is 0 Å². The topological polar surface area (TPSA) is 26.3 Å². The van der Waals surface area contributed by atoms with E-state index in [2.05, 4.69) is 11.3 Å². The first-order valence-corrected chi connectivity index (χ1v) is 5.07. The number of esters is 1. The third kappa shape index (κ3) is 2.28. The van der Waals surface area contributed by atoms with Crippen molar-refractivity contribution in [3.8, 4) is 0 Å². The van der Waals surface area contributed by atoms with Gasteiger partial charge in [-0.2, -0.15) is 0 Å². The van der Waals surface area contributed by atoms with Crippen LogP contribution in [0.1, 0.15) is 5.56 Å². The molecule has 0 N–H and O–H groups in total. The zero-order valence-corrected chi connectivity index (χ0v) is 8.85. The first-order valence-electron chi connectivity index (χ1n) is 5.07. The number of hydrogen-bond donors (Lipinski definition) is 0. The molecule has 80 valence electrons. The molecule has 2 nitrogen and oxygen atoms in total. The molecule has 0 saturated carbocycles. The highest BCUT2D eigenvalue weighted by molar-refractivity contribution is 5.84. The Labute approximate surface area is 94.2 Å². The SMILES string of the molecule is C=COC(=O)Cc1ccc2ccccc2c1. The van der Waals surface area contributed by atoms with Gasteiger partial charge in [0.2, 0.25) is 0 Å². The van der Waals surface area contributed by atoms with Gasteiger partial charge < -0.3 is 4.74 Å². The lowest BCUT2D eigenvalue weighted by Crippen LogP contribution is -2.03. The van der Waals surface area contributed by atoms with Crippen molar-refractivity contribution in [1.82, 2.24) is 0 Å². The molecular formula is C14H12O2. The Morgan fingerprint density at radius 2 is 1.94 bits per heavy atom. The smallest absolute Gasteiger partial charge is 0.315 e. The van der Waals surface area contributed by atoms with Gasteiger partial charge in [-0.25, -0.2) is 0 Å². The third-order valence-corrected chi connectivity index (χ3v) is 2.38. The van der Waals surface area contributed by atoms with Gasteiger partial charge in [0.25, 0.3) is 0 Å². The van der Waals surface area contributed by atoms with E-state index < -0.39 is 0 Å². The van der Waals surface area contributed by atoms with Gasteiger partial charge in [0.05, 0.1) is 12.7 Å². The summed E-state index contributed by atoms with van der Waals surface area (Å²) in [6, 6.07) is 14.0. The van der Waals surface area contributed by atoms with Crippen molar-refractivity contribution in [2.24, 2.45) is 0 Å². The summed E-state index contributed by atoms with van der Waals surface area (Å²) in [5.74, 6) is -0.287. The molecule has 2 aromatic carbocycles. The molecule has 0 bridgehead atoms. The highest BCUT2D eigenvalue weighted by Gasteiger charge is 2.03. The average Bonchev–Trinajstić information content (AvgIpc) is 2.29. The van der Waals surface area contributed by atoms with E-state index in [9.17, 15) is 4.79 Å². The van der Waals surface area contributed by atoms with Crippen molar-refractivity contribution in [3.05, 3.63) is 60.9 Å². The summed E-state index contributed by atoms with van der Waals surface area (Å²) in [4.78, 5) is 11.3. The van der Waals surface area contributed by atoms with Gasteiger partial charge in [-0.3, -0.25) is 4.79 Å². The molecule has 0 atom stereocenters. The second kappa shape index (κ2) is 4.62. The van der Waals surface area contributed by atoms with Crippen molar-refractivity contribution in [2.45, 2.75) is 6.42 Å². The molecule has 0 heterocycles. The fourth-order valence-corrected chi connectivity index (χ4v) is 1.65. The molecule has 2 rings (SSSR count). The molecule has 2 aromatic rings. The van der Waals surface area contributed by atoms with Crippen molar-refractivity contribution >= 4 is 16.7 Å². The molecule has 2 heteroatoms. The highest BCUT2D eigenvalue weighted by atomic mass is 16.5.